The molecule has 0 aliphatic carbocycles. The van der Waals surface area contributed by atoms with Gasteiger partial charge in [-0.3, -0.25) is 4.57 Å². The summed E-state index contributed by atoms with van der Waals surface area (Å²) in [6, 6.07) is 69.1. The van der Waals surface area contributed by atoms with Crippen LogP contribution in [-0.2, 0) is 0 Å². The van der Waals surface area contributed by atoms with E-state index in [1.807, 2.05) is 12.1 Å². The Balaban J connectivity index is 1.06. The monoisotopic (exact) mass is 688 g/mol. The van der Waals surface area contributed by atoms with E-state index in [1.165, 1.54) is 54.8 Å². The van der Waals surface area contributed by atoms with Crippen LogP contribution in [0.2, 0.25) is 0 Å². The fourth-order valence-electron chi connectivity index (χ4n) is 8.21. The molecule has 11 rings (SSSR count). The van der Waals surface area contributed by atoms with Crippen molar-refractivity contribution in [2.45, 2.75) is 0 Å². The van der Waals surface area contributed by atoms with E-state index < -0.39 is 0 Å². The van der Waals surface area contributed by atoms with Crippen molar-refractivity contribution in [1.29, 1.82) is 0 Å². The fraction of sp³-hybridized carbons (Fsp3) is 0. The number of aromatic nitrogens is 4. The zero-order valence-electron chi connectivity index (χ0n) is 29.3. The zero-order chi connectivity index (χ0) is 35.6. The second kappa shape index (κ2) is 12.1. The van der Waals surface area contributed by atoms with Crippen molar-refractivity contribution in [1.82, 2.24) is 19.1 Å². The van der Waals surface area contributed by atoms with Crippen LogP contribution in [0.5, 0.6) is 0 Å². The van der Waals surface area contributed by atoms with Gasteiger partial charge in [0, 0.05) is 38.2 Å². The van der Waals surface area contributed by atoms with E-state index in [-0.39, 0.29) is 0 Å². The van der Waals surface area contributed by atoms with E-state index in [1.54, 1.807) is 0 Å². The maximum Gasteiger partial charge on any atom is 0.235 e. The van der Waals surface area contributed by atoms with Gasteiger partial charge in [-0.05, 0) is 76.9 Å². The van der Waals surface area contributed by atoms with E-state index in [9.17, 15) is 0 Å². The summed E-state index contributed by atoms with van der Waals surface area (Å²) in [4.78, 5) is 10.4. The highest BCUT2D eigenvalue weighted by molar-refractivity contribution is 6.12. The quantitative estimate of drug-likeness (QED) is 0.180. The van der Waals surface area contributed by atoms with E-state index in [4.69, 9.17) is 9.97 Å². The summed E-state index contributed by atoms with van der Waals surface area (Å²) in [5, 5.41) is 5.85. The summed E-state index contributed by atoms with van der Waals surface area (Å²) in [5.41, 5.74) is 13.4. The van der Waals surface area contributed by atoms with Gasteiger partial charge in [-0.15, -0.1) is 0 Å². The third kappa shape index (κ3) is 4.78. The summed E-state index contributed by atoms with van der Waals surface area (Å²) in [7, 11) is 0. The van der Waals surface area contributed by atoms with Crippen LogP contribution in [0, 0.1) is 0 Å². The predicted molar refractivity (Wildman–Crippen MR) is 225 cm³/mol. The standard InChI is InChI=1S/C50H32N4/c1-3-13-33(14-4-1)34-23-27-38(28-24-34)53-45-21-11-8-17-39(45)42-31-36(25-29-47(42)53)37-26-30-48-43(32-37)40-18-9-12-22-46(40)54(48)50-51-44-20-10-7-19-41(44)49(52-50)35-15-5-2-6-16-35/h1-32H. The molecule has 3 aromatic heterocycles. The van der Waals surface area contributed by atoms with Crippen molar-refractivity contribution >= 4 is 54.5 Å². The fourth-order valence-corrected chi connectivity index (χ4v) is 8.21. The first-order chi connectivity index (χ1) is 26.8. The van der Waals surface area contributed by atoms with E-state index >= 15 is 0 Å². The molecule has 0 saturated heterocycles. The van der Waals surface area contributed by atoms with E-state index in [0.29, 0.717) is 5.95 Å². The van der Waals surface area contributed by atoms with Gasteiger partial charge >= 0.3 is 0 Å². The summed E-state index contributed by atoms with van der Waals surface area (Å²) in [5.74, 6) is 0.664. The predicted octanol–water partition coefficient (Wildman–Crippen LogP) is 12.8. The van der Waals surface area contributed by atoms with Crippen molar-refractivity contribution in [2.75, 3.05) is 0 Å². The van der Waals surface area contributed by atoms with Gasteiger partial charge in [0.1, 0.15) is 0 Å². The lowest BCUT2D eigenvalue weighted by molar-refractivity contribution is 1.01. The number of nitrogens with zero attached hydrogens (tertiary/aromatic N) is 4. The highest BCUT2D eigenvalue weighted by atomic mass is 15.2. The molecule has 0 spiro atoms. The third-order valence-corrected chi connectivity index (χ3v) is 10.7. The van der Waals surface area contributed by atoms with Gasteiger partial charge in [0.15, 0.2) is 0 Å². The summed E-state index contributed by atoms with van der Waals surface area (Å²) < 4.78 is 4.60. The highest BCUT2D eigenvalue weighted by Gasteiger charge is 2.19. The lowest BCUT2D eigenvalue weighted by atomic mass is 10.0. The van der Waals surface area contributed by atoms with Gasteiger partial charge in [0.2, 0.25) is 5.95 Å². The summed E-state index contributed by atoms with van der Waals surface area (Å²) >= 11 is 0. The van der Waals surface area contributed by atoms with E-state index in [0.717, 1.165) is 38.9 Å². The zero-order valence-corrected chi connectivity index (χ0v) is 29.3. The Morgan fingerprint density at radius 2 is 0.759 bits per heavy atom. The van der Waals surface area contributed by atoms with Gasteiger partial charge < -0.3 is 4.57 Å². The second-order valence-electron chi connectivity index (χ2n) is 13.8. The molecule has 0 saturated carbocycles. The molecule has 0 amide bonds. The topological polar surface area (TPSA) is 35.6 Å². The van der Waals surface area contributed by atoms with Gasteiger partial charge in [-0.1, -0.05) is 140 Å². The Hall–Kier alpha value is -7.30. The molecule has 8 aromatic carbocycles. The molecule has 0 radical (unpaired) electrons. The van der Waals surface area contributed by atoms with Crippen LogP contribution in [0.3, 0.4) is 0 Å². The Kier molecular flexibility index (Phi) is 6.82. The van der Waals surface area contributed by atoms with Gasteiger partial charge in [-0.25, -0.2) is 9.97 Å². The molecule has 0 atom stereocenters. The molecule has 54 heavy (non-hydrogen) atoms. The first-order valence-corrected chi connectivity index (χ1v) is 18.3. The molecule has 0 N–H and O–H groups in total. The van der Waals surface area contributed by atoms with Crippen LogP contribution in [0.25, 0.3) is 99.7 Å². The van der Waals surface area contributed by atoms with Crippen LogP contribution < -0.4 is 0 Å². The van der Waals surface area contributed by atoms with Crippen LogP contribution >= 0.6 is 0 Å². The molecule has 0 aliphatic rings. The summed E-state index contributed by atoms with van der Waals surface area (Å²) in [6.45, 7) is 0. The average molecular weight is 689 g/mol. The molecular formula is C50H32N4. The number of para-hydroxylation sites is 3. The maximum atomic E-state index is 5.25. The average Bonchev–Trinajstić information content (AvgIpc) is 3.76. The van der Waals surface area contributed by atoms with Crippen molar-refractivity contribution < 1.29 is 0 Å². The Bertz CT molecular complexity index is 3190. The minimum absolute atomic E-state index is 0.664. The normalized spacial score (nSPS) is 11.7. The lowest BCUT2D eigenvalue weighted by Gasteiger charge is -2.12. The minimum atomic E-state index is 0.664. The molecule has 3 heterocycles. The van der Waals surface area contributed by atoms with Crippen LogP contribution in [-0.4, -0.2) is 19.1 Å². The number of fused-ring (bicyclic) bond motifs is 7. The number of hydrogen-bond donors (Lipinski definition) is 0. The first kappa shape index (κ1) is 30.3. The van der Waals surface area contributed by atoms with Gasteiger partial charge in [0.25, 0.3) is 0 Å². The van der Waals surface area contributed by atoms with Crippen LogP contribution in [0.4, 0.5) is 0 Å². The first-order valence-electron chi connectivity index (χ1n) is 18.3. The molecule has 252 valence electrons. The Labute approximate surface area is 311 Å². The molecule has 4 heteroatoms. The van der Waals surface area contributed by atoms with Crippen molar-refractivity contribution in [2.24, 2.45) is 0 Å². The number of rotatable bonds is 5. The molecule has 11 aromatic rings. The lowest BCUT2D eigenvalue weighted by Crippen LogP contribution is -2.03. The number of hydrogen-bond acceptors (Lipinski definition) is 2. The third-order valence-electron chi connectivity index (χ3n) is 10.7. The smallest absolute Gasteiger partial charge is 0.235 e. The maximum absolute atomic E-state index is 5.25. The molecule has 0 unspecified atom stereocenters. The Morgan fingerprint density at radius 3 is 1.41 bits per heavy atom. The number of benzene rings is 8. The van der Waals surface area contributed by atoms with Crippen molar-refractivity contribution in [3.05, 3.63) is 194 Å². The van der Waals surface area contributed by atoms with Gasteiger partial charge in [0.05, 0.1) is 33.3 Å². The van der Waals surface area contributed by atoms with Crippen molar-refractivity contribution in [3.63, 3.8) is 0 Å². The van der Waals surface area contributed by atoms with Crippen molar-refractivity contribution in [3.8, 4) is 45.1 Å². The molecule has 0 fully saturated rings. The second-order valence-corrected chi connectivity index (χ2v) is 13.8. The van der Waals surface area contributed by atoms with E-state index in [2.05, 4.69) is 191 Å². The largest absolute Gasteiger partial charge is 0.309 e. The van der Waals surface area contributed by atoms with Gasteiger partial charge in [-0.2, -0.15) is 0 Å². The summed E-state index contributed by atoms with van der Waals surface area (Å²) in [6.07, 6.45) is 0. The highest BCUT2D eigenvalue weighted by Crippen LogP contribution is 2.39. The molecular weight excluding hydrogens is 657 g/mol. The Morgan fingerprint density at radius 1 is 0.296 bits per heavy atom. The SMILES string of the molecule is c1ccc(-c2ccc(-n3c4ccccc4c4cc(-c5ccc6c(c5)c5ccccc5n6-c5nc(-c6ccccc6)c6ccccc6n5)ccc43)cc2)cc1. The van der Waals surface area contributed by atoms with Crippen LogP contribution in [0.15, 0.2) is 194 Å². The minimum Gasteiger partial charge on any atom is -0.309 e. The molecule has 0 bridgehead atoms. The van der Waals surface area contributed by atoms with Crippen LogP contribution in [0.1, 0.15) is 0 Å². The molecule has 4 nitrogen and oxygen atoms in total. The molecule has 0 aliphatic heterocycles.